The topological polar surface area (TPSA) is 87.8 Å². The van der Waals surface area contributed by atoms with E-state index in [0.717, 1.165) is 22.7 Å². The molecule has 2 N–H and O–H groups in total. The van der Waals surface area contributed by atoms with Crippen LogP contribution < -0.4 is 15.0 Å². The molecule has 0 aliphatic carbocycles. The molecule has 0 radical (unpaired) electrons. The minimum atomic E-state index is -0.967. The molecule has 0 saturated carbocycles. The number of carboxylic acid groups (broad SMARTS) is 1. The highest BCUT2D eigenvalue weighted by Gasteiger charge is 2.42. The van der Waals surface area contributed by atoms with Gasteiger partial charge in [0.1, 0.15) is 23.3 Å². The van der Waals surface area contributed by atoms with E-state index < -0.39 is 5.97 Å². The zero-order chi connectivity index (χ0) is 25.2. The zero-order valence-electron chi connectivity index (χ0n) is 19.8. The number of benzene rings is 2. The number of ether oxygens (including phenoxy) is 1. The summed E-state index contributed by atoms with van der Waals surface area (Å²) >= 11 is 5.78. The van der Waals surface area contributed by atoms with Crippen molar-refractivity contribution < 1.29 is 19.1 Å². The van der Waals surface area contributed by atoms with Gasteiger partial charge >= 0.3 is 5.97 Å². The first-order valence-electron chi connectivity index (χ1n) is 11.6. The number of pyridine rings is 1. The van der Waals surface area contributed by atoms with Crippen molar-refractivity contribution in [2.75, 3.05) is 4.90 Å². The Hall–Kier alpha value is -4.17. The standard InChI is InChI=1S/C28H25N3O4S/c1-17(2)34-21-12-10-20(11-13-21)31-26(25(30-28(31)36)22-5-3-4-16-29-22)24-15-14-23(35-24)18-6-8-19(9-7-18)27(32)33/h3-17,25-26H,1-2H3,(H,30,36)(H,32,33). The number of hydrogen-bond acceptors (Lipinski definition) is 5. The number of anilines is 1. The minimum Gasteiger partial charge on any atom is -0.491 e. The van der Waals surface area contributed by atoms with Gasteiger partial charge in [0.25, 0.3) is 0 Å². The lowest BCUT2D eigenvalue weighted by Gasteiger charge is -2.26. The molecule has 5 rings (SSSR count). The highest BCUT2D eigenvalue weighted by atomic mass is 32.1. The van der Waals surface area contributed by atoms with Crippen LogP contribution in [-0.2, 0) is 0 Å². The largest absolute Gasteiger partial charge is 0.491 e. The van der Waals surface area contributed by atoms with Gasteiger partial charge in [0.15, 0.2) is 5.11 Å². The molecule has 0 spiro atoms. The lowest BCUT2D eigenvalue weighted by molar-refractivity contribution is 0.0697. The maximum Gasteiger partial charge on any atom is 0.335 e. The molecule has 182 valence electrons. The highest BCUT2D eigenvalue weighted by molar-refractivity contribution is 7.80. The molecule has 1 saturated heterocycles. The van der Waals surface area contributed by atoms with E-state index in [1.54, 1.807) is 30.5 Å². The normalized spacial score (nSPS) is 17.3. The van der Waals surface area contributed by atoms with Crippen LogP contribution in [0.1, 0.15) is 47.7 Å². The van der Waals surface area contributed by atoms with Gasteiger partial charge in [-0.15, -0.1) is 0 Å². The number of aromatic carboxylic acids is 1. The number of aromatic nitrogens is 1. The molecular weight excluding hydrogens is 474 g/mol. The summed E-state index contributed by atoms with van der Waals surface area (Å²) in [4.78, 5) is 17.8. The van der Waals surface area contributed by atoms with Gasteiger partial charge in [-0.05, 0) is 86.7 Å². The molecule has 1 fully saturated rings. The Labute approximate surface area is 214 Å². The van der Waals surface area contributed by atoms with Crippen LogP contribution in [0, 0.1) is 0 Å². The second-order valence-electron chi connectivity index (χ2n) is 8.74. The predicted molar refractivity (Wildman–Crippen MR) is 141 cm³/mol. The summed E-state index contributed by atoms with van der Waals surface area (Å²) < 4.78 is 12.1. The lowest BCUT2D eigenvalue weighted by Crippen LogP contribution is -2.29. The third kappa shape index (κ3) is 4.67. The van der Waals surface area contributed by atoms with E-state index in [0.29, 0.717) is 16.6 Å². The van der Waals surface area contributed by atoms with Crippen LogP contribution in [-0.4, -0.2) is 27.3 Å². The number of carboxylic acids is 1. The van der Waals surface area contributed by atoms with E-state index in [1.165, 1.54) is 0 Å². The van der Waals surface area contributed by atoms with E-state index in [1.807, 2.05) is 73.3 Å². The molecule has 2 atom stereocenters. The maximum absolute atomic E-state index is 11.2. The number of hydrogen-bond donors (Lipinski definition) is 2. The third-order valence-electron chi connectivity index (χ3n) is 5.92. The first-order chi connectivity index (χ1) is 17.4. The maximum atomic E-state index is 11.2. The van der Waals surface area contributed by atoms with Crippen molar-refractivity contribution in [2.24, 2.45) is 0 Å². The van der Waals surface area contributed by atoms with Crippen LogP contribution in [0.5, 0.6) is 5.75 Å². The summed E-state index contributed by atoms with van der Waals surface area (Å²) in [6.07, 6.45) is 1.84. The van der Waals surface area contributed by atoms with Crippen molar-refractivity contribution in [1.82, 2.24) is 10.3 Å². The number of thiocarbonyl (C=S) groups is 1. The number of nitrogens with one attached hydrogen (secondary N) is 1. The summed E-state index contributed by atoms with van der Waals surface area (Å²) in [6, 6.07) is 23.5. The van der Waals surface area contributed by atoms with Crippen LogP contribution in [0.4, 0.5) is 5.69 Å². The Bertz CT molecular complexity index is 1370. The van der Waals surface area contributed by atoms with Crippen LogP contribution in [0.15, 0.2) is 89.5 Å². The molecule has 36 heavy (non-hydrogen) atoms. The van der Waals surface area contributed by atoms with E-state index >= 15 is 0 Å². The van der Waals surface area contributed by atoms with Gasteiger partial charge in [-0.3, -0.25) is 4.98 Å². The molecule has 1 aliphatic rings. The molecule has 2 unspecified atom stereocenters. The molecule has 1 aliphatic heterocycles. The van der Waals surface area contributed by atoms with Gasteiger partial charge in [0.05, 0.1) is 23.4 Å². The van der Waals surface area contributed by atoms with Crippen LogP contribution in [0.3, 0.4) is 0 Å². The summed E-state index contributed by atoms with van der Waals surface area (Å²) in [5.74, 6) is 1.17. The van der Waals surface area contributed by atoms with Crippen LogP contribution in [0.25, 0.3) is 11.3 Å². The highest BCUT2D eigenvalue weighted by Crippen LogP contribution is 2.43. The second kappa shape index (κ2) is 9.83. The third-order valence-corrected chi connectivity index (χ3v) is 6.23. The SMILES string of the molecule is CC(C)Oc1ccc(N2C(=S)NC(c3ccccn3)C2c2ccc(-c3ccc(C(=O)O)cc3)o2)cc1. The van der Waals surface area contributed by atoms with E-state index in [2.05, 4.69) is 10.3 Å². The average Bonchev–Trinajstić information content (AvgIpc) is 3.49. The molecule has 0 bridgehead atoms. The van der Waals surface area contributed by atoms with Crippen molar-refractivity contribution in [2.45, 2.75) is 32.0 Å². The summed E-state index contributed by atoms with van der Waals surface area (Å²) in [7, 11) is 0. The number of nitrogens with zero attached hydrogens (tertiary/aromatic N) is 2. The van der Waals surface area contributed by atoms with Gasteiger partial charge < -0.3 is 24.5 Å². The second-order valence-corrected chi connectivity index (χ2v) is 9.13. The van der Waals surface area contributed by atoms with Crippen molar-refractivity contribution in [1.29, 1.82) is 0 Å². The van der Waals surface area contributed by atoms with Gasteiger partial charge in [-0.2, -0.15) is 0 Å². The monoisotopic (exact) mass is 499 g/mol. The number of rotatable bonds is 7. The Morgan fingerprint density at radius 3 is 2.44 bits per heavy atom. The Balaban J connectivity index is 1.52. The van der Waals surface area contributed by atoms with E-state index in [4.69, 9.17) is 21.4 Å². The molecule has 2 aromatic carbocycles. The first-order valence-corrected chi connectivity index (χ1v) is 12.0. The van der Waals surface area contributed by atoms with Gasteiger partial charge in [-0.1, -0.05) is 18.2 Å². The molecule has 2 aromatic heterocycles. The molecular formula is C28H25N3O4S. The van der Waals surface area contributed by atoms with Crippen LogP contribution in [0.2, 0.25) is 0 Å². The van der Waals surface area contributed by atoms with Crippen molar-refractivity contribution >= 4 is 29.0 Å². The molecule has 7 nitrogen and oxygen atoms in total. The Kier molecular flexibility index (Phi) is 6.43. The van der Waals surface area contributed by atoms with Crippen LogP contribution >= 0.6 is 12.2 Å². The van der Waals surface area contributed by atoms with E-state index in [-0.39, 0.29) is 23.8 Å². The summed E-state index contributed by atoms with van der Waals surface area (Å²) in [5.41, 5.74) is 2.75. The quantitative estimate of drug-likeness (QED) is 0.299. The average molecular weight is 500 g/mol. The lowest BCUT2D eigenvalue weighted by atomic mass is 10.0. The molecule has 8 heteroatoms. The summed E-state index contributed by atoms with van der Waals surface area (Å²) in [6.45, 7) is 3.98. The number of carbonyl (C=O) groups is 1. The molecule has 3 heterocycles. The predicted octanol–water partition coefficient (Wildman–Crippen LogP) is 6.00. The smallest absolute Gasteiger partial charge is 0.335 e. The first kappa shape index (κ1) is 23.6. The fourth-order valence-electron chi connectivity index (χ4n) is 4.32. The molecule has 0 amide bonds. The van der Waals surface area contributed by atoms with E-state index in [9.17, 15) is 9.90 Å². The molecule has 4 aromatic rings. The Morgan fingerprint density at radius 2 is 1.81 bits per heavy atom. The van der Waals surface area contributed by atoms with Crippen molar-refractivity contribution in [3.8, 4) is 17.1 Å². The van der Waals surface area contributed by atoms with Gasteiger partial charge in [0.2, 0.25) is 0 Å². The van der Waals surface area contributed by atoms with Gasteiger partial charge in [0, 0.05) is 17.4 Å². The zero-order valence-corrected chi connectivity index (χ0v) is 20.6. The Morgan fingerprint density at radius 1 is 1.06 bits per heavy atom. The van der Waals surface area contributed by atoms with Gasteiger partial charge in [-0.25, -0.2) is 4.79 Å². The fourth-order valence-corrected chi connectivity index (χ4v) is 4.67. The van der Waals surface area contributed by atoms with Crippen molar-refractivity contribution in [3.63, 3.8) is 0 Å². The van der Waals surface area contributed by atoms with Crippen molar-refractivity contribution in [3.05, 3.63) is 102 Å². The number of furan rings is 1. The minimum absolute atomic E-state index is 0.0813. The fraction of sp³-hybridized carbons (Fsp3) is 0.179. The summed E-state index contributed by atoms with van der Waals surface area (Å²) in [5, 5.41) is 13.2.